The third-order valence-corrected chi connectivity index (χ3v) is 3.62. The van der Waals surface area contributed by atoms with Crippen LogP contribution in [-0.2, 0) is 16.6 Å². The average molecular weight is 279 g/mol. The van der Waals surface area contributed by atoms with Crippen molar-refractivity contribution in [1.29, 1.82) is 0 Å². The maximum absolute atomic E-state index is 11.2. The second kappa shape index (κ2) is 5.14. The lowest BCUT2D eigenvalue weighted by Crippen LogP contribution is -2.21. The first kappa shape index (κ1) is 13.8. The van der Waals surface area contributed by atoms with E-state index in [1.807, 2.05) is 48.9 Å². The molecule has 0 aliphatic rings. The fraction of sp³-hybridized carbons (Fsp3) is 0.308. The highest BCUT2D eigenvalue weighted by Gasteiger charge is 2.13. The fourth-order valence-corrected chi connectivity index (χ4v) is 2.36. The van der Waals surface area contributed by atoms with E-state index in [0.717, 1.165) is 28.9 Å². The Kier molecular flexibility index (Phi) is 3.73. The Morgan fingerprint density at radius 2 is 1.84 bits per heavy atom. The highest BCUT2D eigenvalue weighted by Crippen LogP contribution is 2.17. The number of hydrogen-bond donors (Lipinski definition) is 1. The zero-order valence-corrected chi connectivity index (χ0v) is 12.0. The van der Waals surface area contributed by atoms with Gasteiger partial charge in [0.1, 0.15) is 0 Å². The third kappa shape index (κ3) is 3.21. The Morgan fingerprint density at radius 3 is 2.42 bits per heavy atom. The average Bonchev–Trinajstić information content (AvgIpc) is 2.63. The Hall–Kier alpha value is -1.66. The molecule has 6 heteroatoms. The number of sulfonamides is 1. The molecule has 2 rings (SSSR count). The number of benzene rings is 1. The van der Waals surface area contributed by atoms with Crippen molar-refractivity contribution in [2.75, 3.05) is 6.26 Å². The zero-order valence-electron chi connectivity index (χ0n) is 11.2. The van der Waals surface area contributed by atoms with Crippen molar-refractivity contribution in [3.63, 3.8) is 0 Å². The van der Waals surface area contributed by atoms with E-state index in [1.54, 1.807) is 0 Å². The number of para-hydroxylation sites is 1. The topological polar surface area (TPSA) is 64.0 Å². The molecule has 0 fully saturated rings. The van der Waals surface area contributed by atoms with Crippen LogP contribution in [0.4, 0.5) is 0 Å². The van der Waals surface area contributed by atoms with Gasteiger partial charge in [-0.15, -0.1) is 0 Å². The molecular weight excluding hydrogens is 262 g/mol. The lowest BCUT2D eigenvalue weighted by molar-refractivity contribution is 0.587. The van der Waals surface area contributed by atoms with E-state index < -0.39 is 10.0 Å². The van der Waals surface area contributed by atoms with E-state index in [1.165, 1.54) is 0 Å². The number of aromatic nitrogens is 2. The van der Waals surface area contributed by atoms with Gasteiger partial charge in [-0.3, -0.25) is 0 Å². The third-order valence-electron chi connectivity index (χ3n) is 2.95. The molecule has 1 heterocycles. The van der Waals surface area contributed by atoms with Crippen LogP contribution in [0.2, 0.25) is 0 Å². The molecule has 0 atom stereocenters. The molecule has 1 N–H and O–H groups in total. The number of aryl methyl sites for hydroxylation is 1. The Labute approximate surface area is 113 Å². The first-order valence-corrected chi connectivity index (χ1v) is 7.83. The number of rotatable bonds is 4. The van der Waals surface area contributed by atoms with Crippen LogP contribution in [0, 0.1) is 13.8 Å². The molecule has 0 saturated heterocycles. The van der Waals surface area contributed by atoms with E-state index in [4.69, 9.17) is 0 Å². The number of hydrogen-bond acceptors (Lipinski definition) is 3. The molecule has 0 spiro atoms. The van der Waals surface area contributed by atoms with Crippen LogP contribution < -0.4 is 4.72 Å². The van der Waals surface area contributed by atoms with Gasteiger partial charge >= 0.3 is 0 Å². The minimum Gasteiger partial charge on any atom is -0.238 e. The highest BCUT2D eigenvalue weighted by atomic mass is 32.2. The summed E-state index contributed by atoms with van der Waals surface area (Å²) in [6.45, 7) is 4.08. The highest BCUT2D eigenvalue weighted by molar-refractivity contribution is 7.88. The lowest BCUT2D eigenvalue weighted by atomic mass is 10.2. The Morgan fingerprint density at radius 1 is 1.21 bits per heavy atom. The van der Waals surface area contributed by atoms with Crippen molar-refractivity contribution >= 4 is 10.0 Å². The molecule has 5 nitrogen and oxygen atoms in total. The Bertz CT molecular complexity index is 675. The molecule has 1 aromatic heterocycles. The maximum Gasteiger partial charge on any atom is 0.209 e. The van der Waals surface area contributed by atoms with Gasteiger partial charge in [-0.25, -0.2) is 17.8 Å². The number of nitrogens with one attached hydrogen (secondary N) is 1. The monoisotopic (exact) mass is 279 g/mol. The summed E-state index contributed by atoms with van der Waals surface area (Å²) in [4.78, 5) is 0. The summed E-state index contributed by atoms with van der Waals surface area (Å²) in [5.74, 6) is 0. The second-order valence-electron chi connectivity index (χ2n) is 4.49. The lowest BCUT2D eigenvalue weighted by Gasteiger charge is -2.05. The van der Waals surface area contributed by atoms with Gasteiger partial charge in [0.25, 0.3) is 0 Å². The van der Waals surface area contributed by atoms with Gasteiger partial charge in [0.05, 0.1) is 17.6 Å². The van der Waals surface area contributed by atoms with Gasteiger partial charge in [-0.2, -0.15) is 5.10 Å². The predicted molar refractivity (Wildman–Crippen MR) is 74.7 cm³/mol. The Balaban J connectivity index is 2.35. The van der Waals surface area contributed by atoms with Crippen LogP contribution in [0.15, 0.2) is 30.3 Å². The molecule has 0 radical (unpaired) electrons. The van der Waals surface area contributed by atoms with Crippen molar-refractivity contribution in [3.8, 4) is 5.69 Å². The molecule has 19 heavy (non-hydrogen) atoms. The molecule has 0 bridgehead atoms. The summed E-state index contributed by atoms with van der Waals surface area (Å²) in [7, 11) is -3.20. The minimum absolute atomic E-state index is 0.267. The van der Waals surface area contributed by atoms with Gasteiger partial charge in [0, 0.05) is 17.8 Å². The number of nitrogens with zero attached hydrogens (tertiary/aromatic N) is 2. The van der Waals surface area contributed by atoms with Crippen LogP contribution in [0.5, 0.6) is 0 Å². The van der Waals surface area contributed by atoms with Gasteiger partial charge in [-0.05, 0) is 26.0 Å². The van der Waals surface area contributed by atoms with Gasteiger partial charge in [0.2, 0.25) is 10.0 Å². The molecule has 0 saturated carbocycles. The molecule has 0 unspecified atom stereocenters. The van der Waals surface area contributed by atoms with Gasteiger partial charge < -0.3 is 0 Å². The van der Waals surface area contributed by atoms with Crippen molar-refractivity contribution in [3.05, 3.63) is 47.3 Å². The van der Waals surface area contributed by atoms with Gasteiger partial charge in [0.15, 0.2) is 0 Å². The van der Waals surface area contributed by atoms with Crippen molar-refractivity contribution in [2.24, 2.45) is 0 Å². The molecule has 1 aromatic carbocycles. The van der Waals surface area contributed by atoms with Crippen LogP contribution >= 0.6 is 0 Å². The standard InChI is InChI=1S/C13H17N3O2S/c1-10-13(9-14-19(3,17)18)11(2)16(15-10)12-7-5-4-6-8-12/h4-8,14H,9H2,1-3H3. The summed E-state index contributed by atoms with van der Waals surface area (Å²) in [5.41, 5.74) is 3.65. The largest absolute Gasteiger partial charge is 0.238 e. The van der Waals surface area contributed by atoms with E-state index in [0.29, 0.717) is 0 Å². The first-order chi connectivity index (χ1) is 8.88. The van der Waals surface area contributed by atoms with Gasteiger partial charge in [-0.1, -0.05) is 18.2 Å². The predicted octanol–water partition coefficient (Wildman–Crippen LogP) is 1.54. The maximum atomic E-state index is 11.2. The van der Waals surface area contributed by atoms with Crippen molar-refractivity contribution in [2.45, 2.75) is 20.4 Å². The summed E-state index contributed by atoms with van der Waals surface area (Å²) < 4.78 is 26.7. The van der Waals surface area contributed by atoms with Crippen LogP contribution in [0.1, 0.15) is 17.0 Å². The summed E-state index contributed by atoms with van der Waals surface area (Å²) in [6.07, 6.45) is 1.15. The first-order valence-electron chi connectivity index (χ1n) is 5.93. The SMILES string of the molecule is Cc1nn(-c2ccccc2)c(C)c1CNS(C)(=O)=O. The van der Waals surface area contributed by atoms with E-state index in [2.05, 4.69) is 9.82 Å². The second-order valence-corrected chi connectivity index (χ2v) is 6.32. The van der Waals surface area contributed by atoms with Crippen molar-refractivity contribution < 1.29 is 8.42 Å². The smallest absolute Gasteiger partial charge is 0.209 e. The van der Waals surface area contributed by atoms with E-state index >= 15 is 0 Å². The minimum atomic E-state index is -3.20. The molecule has 0 aliphatic carbocycles. The van der Waals surface area contributed by atoms with E-state index in [-0.39, 0.29) is 6.54 Å². The summed E-state index contributed by atoms with van der Waals surface area (Å²) >= 11 is 0. The molecule has 2 aromatic rings. The normalized spacial score (nSPS) is 11.7. The van der Waals surface area contributed by atoms with Crippen LogP contribution in [0.25, 0.3) is 5.69 Å². The summed E-state index contributed by atoms with van der Waals surface area (Å²) in [5, 5.41) is 4.46. The van der Waals surface area contributed by atoms with Crippen LogP contribution in [0.3, 0.4) is 0 Å². The zero-order chi connectivity index (χ0) is 14.0. The molecule has 102 valence electrons. The van der Waals surface area contributed by atoms with Crippen LogP contribution in [-0.4, -0.2) is 24.5 Å². The molecule has 0 amide bonds. The van der Waals surface area contributed by atoms with E-state index in [9.17, 15) is 8.42 Å². The molecule has 0 aliphatic heterocycles. The fourth-order valence-electron chi connectivity index (χ4n) is 1.95. The van der Waals surface area contributed by atoms with Crippen molar-refractivity contribution in [1.82, 2.24) is 14.5 Å². The molecular formula is C13H17N3O2S. The quantitative estimate of drug-likeness (QED) is 0.923. The summed E-state index contributed by atoms with van der Waals surface area (Å²) in [6, 6.07) is 9.77.